The highest BCUT2D eigenvalue weighted by atomic mass is 15.2. The van der Waals surface area contributed by atoms with E-state index in [1.54, 1.807) is 6.20 Å². The third kappa shape index (κ3) is 3.74. The van der Waals surface area contributed by atoms with Gasteiger partial charge in [0.25, 0.3) is 0 Å². The lowest BCUT2D eigenvalue weighted by molar-refractivity contribution is 0.231. The van der Waals surface area contributed by atoms with Crippen LogP contribution in [0.4, 0.5) is 0 Å². The van der Waals surface area contributed by atoms with Gasteiger partial charge in [-0.1, -0.05) is 25.8 Å². The molecule has 0 aromatic rings. The van der Waals surface area contributed by atoms with Crippen LogP contribution in [-0.2, 0) is 0 Å². The lowest BCUT2D eigenvalue weighted by Gasteiger charge is -2.23. The monoisotopic (exact) mass is 236 g/mol. The van der Waals surface area contributed by atoms with E-state index in [9.17, 15) is 0 Å². The molecule has 17 heavy (non-hydrogen) atoms. The van der Waals surface area contributed by atoms with Gasteiger partial charge in [-0.15, -0.1) is 0 Å². The SMILES string of the molecule is C=CNCCCCCCC1CCC2CCCN12. The Bertz CT molecular complexity index is 227. The third-order valence-corrected chi connectivity index (χ3v) is 4.48. The first-order chi connectivity index (χ1) is 8.42. The van der Waals surface area contributed by atoms with Crippen LogP contribution in [0.15, 0.2) is 12.8 Å². The second-order valence-electron chi connectivity index (χ2n) is 5.63. The fourth-order valence-electron chi connectivity index (χ4n) is 3.57. The zero-order valence-corrected chi connectivity index (χ0v) is 11.2. The predicted molar refractivity (Wildman–Crippen MR) is 74.0 cm³/mol. The van der Waals surface area contributed by atoms with E-state index < -0.39 is 0 Å². The van der Waals surface area contributed by atoms with Crippen molar-refractivity contribution < 1.29 is 0 Å². The van der Waals surface area contributed by atoms with E-state index in [1.165, 1.54) is 64.3 Å². The van der Waals surface area contributed by atoms with Crippen molar-refractivity contribution in [1.82, 2.24) is 10.2 Å². The number of fused-ring (bicyclic) bond motifs is 1. The third-order valence-electron chi connectivity index (χ3n) is 4.48. The van der Waals surface area contributed by atoms with Crippen LogP contribution in [0.1, 0.15) is 57.8 Å². The summed E-state index contributed by atoms with van der Waals surface area (Å²) in [6.45, 7) is 6.15. The zero-order valence-electron chi connectivity index (χ0n) is 11.2. The lowest BCUT2D eigenvalue weighted by Crippen LogP contribution is -2.31. The largest absolute Gasteiger partial charge is 0.391 e. The number of unbranched alkanes of at least 4 members (excludes halogenated alkanes) is 3. The van der Waals surface area contributed by atoms with Gasteiger partial charge in [0.05, 0.1) is 0 Å². The first-order valence-electron chi connectivity index (χ1n) is 7.52. The highest BCUT2D eigenvalue weighted by Gasteiger charge is 2.35. The molecule has 2 rings (SSSR count). The van der Waals surface area contributed by atoms with Gasteiger partial charge >= 0.3 is 0 Å². The van der Waals surface area contributed by atoms with Gasteiger partial charge in [0.15, 0.2) is 0 Å². The summed E-state index contributed by atoms with van der Waals surface area (Å²) in [4.78, 5) is 2.80. The maximum absolute atomic E-state index is 3.66. The maximum Gasteiger partial charge on any atom is 0.0141 e. The molecule has 0 bridgehead atoms. The highest BCUT2D eigenvalue weighted by Crippen LogP contribution is 2.34. The Morgan fingerprint density at radius 2 is 2.00 bits per heavy atom. The first kappa shape index (κ1) is 12.9. The van der Waals surface area contributed by atoms with Gasteiger partial charge in [0, 0.05) is 18.6 Å². The molecule has 0 amide bonds. The Labute approximate surface area is 106 Å². The summed E-state index contributed by atoms with van der Waals surface area (Å²) in [5, 5.41) is 3.17. The van der Waals surface area contributed by atoms with E-state index in [2.05, 4.69) is 16.8 Å². The molecule has 0 spiro atoms. The summed E-state index contributed by atoms with van der Waals surface area (Å²) in [5.41, 5.74) is 0. The number of nitrogens with zero attached hydrogens (tertiary/aromatic N) is 1. The minimum Gasteiger partial charge on any atom is -0.391 e. The van der Waals surface area contributed by atoms with Crippen LogP contribution in [0.3, 0.4) is 0 Å². The van der Waals surface area contributed by atoms with Crippen molar-refractivity contribution >= 4 is 0 Å². The molecule has 2 heteroatoms. The van der Waals surface area contributed by atoms with E-state index in [4.69, 9.17) is 0 Å². The van der Waals surface area contributed by atoms with Crippen molar-refractivity contribution in [1.29, 1.82) is 0 Å². The number of hydrogen-bond acceptors (Lipinski definition) is 2. The van der Waals surface area contributed by atoms with Crippen molar-refractivity contribution in [2.45, 2.75) is 69.9 Å². The predicted octanol–water partition coefficient (Wildman–Crippen LogP) is 3.30. The molecule has 0 aromatic heterocycles. The van der Waals surface area contributed by atoms with Crippen molar-refractivity contribution in [3.05, 3.63) is 12.8 Å². The Morgan fingerprint density at radius 3 is 2.88 bits per heavy atom. The Balaban J connectivity index is 1.49. The van der Waals surface area contributed by atoms with Crippen LogP contribution < -0.4 is 5.32 Å². The highest BCUT2D eigenvalue weighted by molar-refractivity contribution is 4.91. The molecule has 1 N–H and O–H groups in total. The number of nitrogens with one attached hydrogen (secondary N) is 1. The average molecular weight is 236 g/mol. The summed E-state index contributed by atoms with van der Waals surface area (Å²) in [6.07, 6.45) is 14.6. The summed E-state index contributed by atoms with van der Waals surface area (Å²) < 4.78 is 0. The van der Waals surface area contributed by atoms with Crippen LogP contribution in [0, 0.1) is 0 Å². The van der Waals surface area contributed by atoms with Crippen molar-refractivity contribution in [3.8, 4) is 0 Å². The fraction of sp³-hybridized carbons (Fsp3) is 0.867. The number of rotatable bonds is 8. The van der Waals surface area contributed by atoms with E-state index >= 15 is 0 Å². The van der Waals surface area contributed by atoms with Gasteiger partial charge in [-0.25, -0.2) is 0 Å². The van der Waals surface area contributed by atoms with Crippen LogP contribution >= 0.6 is 0 Å². The maximum atomic E-state index is 3.66. The normalized spacial score (nSPS) is 28.2. The molecule has 98 valence electrons. The quantitative estimate of drug-likeness (QED) is 0.651. The van der Waals surface area contributed by atoms with Crippen LogP contribution in [0.5, 0.6) is 0 Å². The number of hydrogen-bond donors (Lipinski definition) is 1. The Morgan fingerprint density at radius 1 is 1.12 bits per heavy atom. The molecule has 2 aliphatic rings. The van der Waals surface area contributed by atoms with Gasteiger partial charge in [0.2, 0.25) is 0 Å². The molecule has 2 unspecified atom stereocenters. The van der Waals surface area contributed by atoms with E-state index in [-0.39, 0.29) is 0 Å². The molecule has 2 fully saturated rings. The molecular formula is C15H28N2. The Hall–Kier alpha value is -0.500. The van der Waals surface area contributed by atoms with Crippen molar-refractivity contribution in [2.75, 3.05) is 13.1 Å². The molecule has 2 saturated heterocycles. The Kier molecular flexibility index (Phi) is 5.37. The summed E-state index contributed by atoms with van der Waals surface area (Å²) >= 11 is 0. The second kappa shape index (κ2) is 7.05. The van der Waals surface area contributed by atoms with Gasteiger partial charge < -0.3 is 5.32 Å². The van der Waals surface area contributed by atoms with Gasteiger partial charge in [-0.3, -0.25) is 4.90 Å². The van der Waals surface area contributed by atoms with Gasteiger partial charge in [-0.2, -0.15) is 0 Å². The molecule has 2 heterocycles. The minimum atomic E-state index is 0.939. The average Bonchev–Trinajstić information content (AvgIpc) is 2.92. The summed E-state index contributed by atoms with van der Waals surface area (Å²) in [5.74, 6) is 0. The molecule has 0 aliphatic carbocycles. The molecule has 2 aliphatic heterocycles. The van der Waals surface area contributed by atoms with E-state index in [0.29, 0.717) is 0 Å². The topological polar surface area (TPSA) is 15.3 Å². The first-order valence-corrected chi connectivity index (χ1v) is 7.52. The molecule has 0 radical (unpaired) electrons. The van der Waals surface area contributed by atoms with Crippen molar-refractivity contribution in [2.24, 2.45) is 0 Å². The molecule has 0 saturated carbocycles. The lowest BCUT2D eigenvalue weighted by atomic mass is 10.0. The van der Waals surface area contributed by atoms with Crippen LogP contribution in [0.2, 0.25) is 0 Å². The van der Waals surface area contributed by atoms with Crippen LogP contribution in [0.25, 0.3) is 0 Å². The zero-order chi connectivity index (χ0) is 11.9. The summed E-state index contributed by atoms with van der Waals surface area (Å²) in [7, 11) is 0. The molecular weight excluding hydrogens is 208 g/mol. The van der Waals surface area contributed by atoms with E-state index in [0.717, 1.165) is 18.6 Å². The molecule has 2 atom stereocenters. The summed E-state index contributed by atoms with van der Waals surface area (Å²) in [6, 6.07) is 1.91. The molecule has 2 nitrogen and oxygen atoms in total. The second-order valence-corrected chi connectivity index (χ2v) is 5.63. The molecule has 0 aromatic carbocycles. The standard InChI is InChI=1S/C15H28N2/c1-2-16-12-6-4-3-5-8-14-10-11-15-9-7-13-17(14)15/h2,14-16H,1,3-13H2. The van der Waals surface area contributed by atoms with Gasteiger partial charge in [0.1, 0.15) is 0 Å². The fourth-order valence-corrected chi connectivity index (χ4v) is 3.57. The van der Waals surface area contributed by atoms with E-state index in [1.807, 2.05) is 0 Å². The van der Waals surface area contributed by atoms with Crippen LogP contribution in [-0.4, -0.2) is 30.1 Å². The smallest absolute Gasteiger partial charge is 0.0141 e. The minimum absolute atomic E-state index is 0.939. The van der Waals surface area contributed by atoms with Crippen molar-refractivity contribution in [3.63, 3.8) is 0 Å². The van der Waals surface area contributed by atoms with Gasteiger partial charge in [-0.05, 0) is 51.3 Å².